The number of benzene rings is 1. The average Bonchev–Trinajstić information content (AvgIpc) is 2.49. The van der Waals surface area contributed by atoms with Crippen molar-refractivity contribution in [1.82, 2.24) is 10.2 Å². The summed E-state index contributed by atoms with van der Waals surface area (Å²) in [5.41, 5.74) is 3.09. The summed E-state index contributed by atoms with van der Waals surface area (Å²) in [5, 5.41) is 20.6. The maximum absolute atomic E-state index is 12.0. The zero-order chi connectivity index (χ0) is 18.3. The van der Waals surface area contributed by atoms with Gasteiger partial charge in [-0.3, -0.25) is 9.59 Å². The highest BCUT2D eigenvalue weighted by atomic mass is 16.6. The van der Waals surface area contributed by atoms with Gasteiger partial charge in [0.2, 0.25) is 11.8 Å². The van der Waals surface area contributed by atoms with Crippen LogP contribution < -0.4 is 5.32 Å². The second-order valence-corrected chi connectivity index (χ2v) is 5.54. The summed E-state index contributed by atoms with van der Waals surface area (Å²) in [6, 6.07) is 5.76. The minimum absolute atomic E-state index is 0.195. The molecule has 2 amide bonds. The number of carbonyl (C=O) groups excluding carboxylic acids is 2. The molecule has 0 aliphatic rings. The first-order valence-electron chi connectivity index (χ1n) is 7.47. The lowest BCUT2D eigenvalue weighted by Gasteiger charge is -2.22. The van der Waals surface area contributed by atoms with Crippen LogP contribution in [0.3, 0.4) is 0 Å². The van der Waals surface area contributed by atoms with Crippen molar-refractivity contribution in [3.05, 3.63) is 47.5 Å². The molecule has 0 aromatic heterocycles. The Labute approximate surface area is 142 Å². The Balaban J connectivity index is 2.74. The summed E-state index contributed by atoms with van der Waals surface area (Å²) in [6.07, 6.45) is 0.420. The standard InChI is InChI=1S/C16H23BN2O5/c1-5-16(21)19(4)10-14(20)18-15(24-17(22)23)9-13-7-6-11(2)12(3)8-13/h5-8,15,22-23H,1,9-10H2,2-4H3,(H,18,20)/t15-/m1/s1. The number of likely N-dealkylation sites (N-methyl/N-ethyl adjacent to an activating group) is 1. The molecule has 1 rings (SSSR count). The van der Waals surface area contributed by atoms with E-state index < -0.39 is 19.5 Å². The Hall–Kier alpha value is -2.16. The number of nitrogens with one attached hydrogen (secondary N) is 1. The normalized spacial score (nSPS) is 11.5. The Morgan fingerprint density at radius 3 is 2.58 bits per heavy atom. The van der Waals surface area contributed by atoms with Crippen LogP contribution in [-0.4, -0.2) is 53.9 Å². The molecule has 0 unspecified atom stereocenters. The van der Waals surface area contributed by atoms with Crippen LogP contribution in [0, 0.1) is 13.8 Å². The zero-order valence-corrected chi connectivity index (χ0v) is 14.2. The van der Waals surface area contributed by atoms with E-state index >= 15 is 0 Å². The van der Waals surface area contributed by atoms with Gasteiger partial charge in [-0.1, -0.05) is 24.8 Å². The van der Waals surface area contributed by atoms with E-state index in [1.54, 1.807) is 0 Å². The lowest BCUT2D eigenvalue weighted by molar-refractivity contribution is -0.132. The Morgan fingerprint density at radius 2 is 2.04 bits per heavy atom. The van der Waals surface area contributed by atoms with Crippen LogP contribution in [0.5, 0.6) is 0 Å². The number of nitrogens with zero attached hydrogens (tertiary/aromatic N) is 1. The summed E-state index contributed by atoms with van der Waals surface area (Å²) in [7, 11) is -0.557. The first-order chi connectivity index (χ1) is 11.2. The van der Waals surface area contributed by atoms with E-state index in [-0.39, 0.29) is 18.9 Å². The molecule has 0 saturated carbocycles. The second-order valence-electron chi connectivity index (χ2n) is 5.54. The number of carbonyl (C=O) groups is 2. The molecule has 0 radical (unpaired) electrons. The van der Waals surface area contributed by atoms with E-state index in [9.17, 15) is 9.59 Å². The van der Waals surface area contributed by atoms with Crippen molar-refractivity contribution in [2.75, 3.05) is 13.6 Å². The third-order valence-corrected chi connectivity index (χ3v) is 3.53. The van der Waals surface area contributed by atoms with Gasteiger partial charge in [-0.2, -0.15) is 0 Å². The topological polar surface area (TPSA) is 99.1 Å². The SMILES string of the molecule is C=CC(=O)N(C)CC(=O)N[C@@H](Cc1ccc(C)c(C)c1)OB(O)O. The van der Waals surface area contributed by atoms with E-state index in [4.69, 9.17) is 14.7 Å². The molecule has 130 valence electrons. The fraction of sp³-hybridized carbons (Fsp3) is 0.375. The molecular weight excluding hydrogens is 311 g/mol. The van der Waals surface area contributed by atoms with E-state index in [2.05, 4.69) is 11.9 Å². The van der Waals surface area contributed by atoms with Gasteiger partial charge >= 0.3 is 7.32 Å². The fourth-order valence-electron chi connectivity index (χ4n) is 2.10. The van der Waals surface area contributed by atoms with Crippen LogP contribution in [0.4, 0.5) is 0 Å². The fourth-order valence-corrected chi connectivity index (χ4v) is 2.10. The van der Waals surface area contributed by atoms with Gasteiger partial charge in [0, 0.05) is 13.5 Å². The molecule has 3 N–H and O–H groups in total. The minimum Gasteiger partial charge on any atom is -0.402 e. The number of amides is 2. The van der Waals surface area contributed by atoms with Gasteiger partial charge in [0.25, 0.3) is 0 Å². The van der Waals surface area contributed by atoms with E-state index in [0.717, 1.165) is 22.8 Å². The van der Waals surface area contributed by atoms with Crippen molar-refractivity contribution in [3.8, 4) is 0 Å². The highest BCUT2D eigenvalue weighted by Crippen LogP contribution is 2.12. The Kier molecular flexibility index (Phi) is 7.64. The molecule has 1 aromatic carbocycles. The summed E-state index contributed by atoms with van der Waals surface area (Å²) in [4.78, 5) is 24.6. The Morgan fingerprint density at radius 1 is 1.38 bits per heavy atom. The van der Waals surface area contributed by atoms with Crippen molar-refractivity contribution in [1.29, 1.82) is 0 Å². The van der Waals surface area contributed by atoms with Crippen molar-refractivity contribution in [3.63, 3.8) is 0 Å². The lowest BCUT2D eigenvalue weighted by Crippen LogP contribution is -2.46. The molecule has 0 fully saturated rings. The molecule has 8 heteroatoms. The molecule has 0 heterocycles. The van der Waals surface area contributed by atoms with E-state index in [1.165, 1.54) is 11.9 Å². The molecule has 1 atom stereocenters. The lowest BCUT2D eigenvalue weighted by atomic mass is 10.0. The molecule has 7 nitrogen and oxygen atoms in total. The molecular formula is C16H23BN2O5. The summed E-state index contributed by atoms with van der Waals surface area (Å²) in [5.74, 6) is -0.874. The van der Waals surface area contributed by atoms with Gasteiger partial charge in [-0.15, -0.1) is 0 Å². The largest absolute Gasteiger partial charge is 0.635 e. The van der Waals surface area contributed by atoms with Crippen LogP contribution in [0.25, 0.3) is 0 Å². The Bertz CT molecular complexity index is 606. The van der Waals surface area contributed by atoms with Crippen LogP contribution in [0.2, 0.25) is 0 Å². The quantitative estimate of drug-likeness (QED) is 0.351. The van der Waals surface area contributed by atoms with Gasteiger partial charge in [0.1, 0.15) is 6.23 Å². The maximum atomic E-state index is 12.0. The monoisotopic (exact) mass is 334 g/mol. The molecule has 0 saturated heterocycles. The minimum atomic E-state index is -2.02. The van der Waals surface area contributed by atoms with Crippen LogP contribution in [-0.2, 0) is 20.7 Å². The smallest absolute Gasteiger partial charge is 0.402 e. The third-order valence-electron chi connectivity index (χ3n) is 3.53. The first-order valence-corrected chi connectivity index (χ1v) is 7.47. The van der Waals surface area contributed by atoms with Crippen molar-refractivity contribution in [2.45, 2.75) is 26.5 Å². The number of hydrogen-bond acceptors (Lipinski definition) is 5. The van der Waals surface area contributed by atoms with Crippen molar-refractivity contribution >= 4 is 19.1 Å². The summed E-state index contributed by atoms with van der Waals surface area (Å²) >= 11 is 0. The van der Waals surface area contributed by atoms with E-state index in [1.807, 2.05) is 32.0 Å². The van der Waals surface area contributed by atoms with Crippen molar-refractivity contribution in [2.24, 2.45) is 0 Å². The highest BCUT2D eigenvalue weighted by Gasteiger charge is 2.21. The number of rotatable bonds is 8. The van der Waals surface area contributed by atoms with E-state index in [0.29, 0.717) is 0 Å². The van der Waals surface area contributed by atoms with Crippen LogP contribution in [0.1, 0.15) is 16.7 Å². The predicted octanol–water partition coefficient (Wildman–Crippen LogP) is -0.0813. The maximum Gasteiger partial charge on any atom is 0.635 e. The second kappa shape index (κ2) is 9.22. The van der Waals surface area contributed by atoms with Crippen molar-refractivity contribution < 1.29 is 24.3 Å². The number of aryl methyl sites for hydroxylation is 2. The molecule has 0 aliphatic heterocycles. The molecule has 0 spiro atoms. The number of hydrogen-bond donors (Lipinski definition) is 3. The summed E-state index contributed by atoms with van der Waals surface area (Å²) < 4.78 is 4.92. The van der Waals surface area contributed by atoms with Gasteiger partial charge in [0.05, 0.1) is 6.54 Å². The van der Waals surface area contributed by atoms with Gasteiger partial charge in [-0.25, -0.2) is 0 Å². The average molecular weight is 334 g/mol. The zero-order valence-electron chi connectivity index (χ0n) is 14.2. The molecule has 24 heavy (non-hydrogen) atoms. The van der Waals surface area contributed by atoms with Gasteiger partial charge in [-0.05, 0) is 36.6 Å². The van der Waals surface area contributed by atoms with Gasteiger partial charge in [0.15, 0.2) is 0 Å². The highest BCUT2D eigenvalue weighted by molar-refractivity contribution is 6.32. The third kappa shape index (κ3) is 6.53. The first kappa shape index (κ1) is 19.9. The predicted molar refractivity (Wildman–Crippen MR) is 90.7 cm³/mol. The molecule has 0 aliphatic carbocycles. The van der Waals surface area contributed by atoms with Crippen LogP contribution in [0.15, 0.2) is 30.9 Å². The molecule has 1 aromatic rings. The van der Waals surface area contributed by atoms with Gasteiger partial charge < -0.3 is 24.9 Å². The summed E-state index contributed by atoms with van der Waals surface area (Å²) in [6.45, 7) is 7.10. The van der Waals surface area contributed by atoms with Crippen LogP contribution >= 0.6 is 0 Å². The molecule has 0 bridgehead atoms.